The molecule has 0 heterocycles. The Morgan fingerprint density at radius 2 is 1.59 bits per heavy atom. The first-order chi connectivity index (χ1) is 8.18. The van der Waals surface area contributed by atoms with Crippen LogP contribution in [-0.2, 0) is 0 Å². The molecular formula is C17H34. The lowest BCUT2D eigenvalue weighted by molar-refractivity contribution is 0.0916. The smallest absolute Gasteiger partial charge is 0.0267 e. The van der Waals surface area contributed by atoms with E-state index in [4.69, 9.17) is 0 Å². The predicted octanol–water partition coefficient (Wildman–Crippen LogP) is 6.20. The first-order valence-corrected chi connectivity index (χ1v) is 8.18. The molecule has 0 spiro atoms. The van der Waals surface area contributed by atoms with Gasteiger partial charge in [-0.2, -0.15) is 0 Å². The van der Waals surface area contributed by atoms with Gasteiger partial charge in [-0.25, -0.2) is 0 Å². The van der Waals surface area contributed by atoms with Crippen LogP contribution in [0, 0.1) is 17.3 Å². The summed E-state index contributed by atoms with van der Waals surface area (Å²) >= 11 is 0. The van der Waals surface area contributed by atoms with Crippen LogP contribution < -0.4 is 0 Å². The van der Waals surface area contributed by atoms with E-state index in [9.17, 15) is 0 Å². The highest BCUT2D eigenvalue weighted by Crippen LogP contribution is 2.50. The lowest BCUT2D eigenvalue weighted by atomic mass is 9.64. The molecule has 1 aliphatic carbocycles. The van der Waals surface area contributed by atoms with Crippen molar-refractivity contribution in [3.63, 3.8) is 0 Å². The first-order valence-electron chi connectivity index (χ1n) is 8.18. The van der Waals surface area contributed by atoms with Crippen LogP contribution in [0.2, 0.25) is 0 Å². The largest absolute Gasteiger partial charge is 0.0654 e. The zero-order valence-electron chi connectivity index (χ0n) is 12.7. The average Bonchev–Trinajstić information content (AvgIpc) is 2.41. The highest BCUT2D eigenvalue weighted by molar-refractivity contribution is 4.89. The molecule has 2 unspecified atom stereocenters. The summed E-state index contributed by atoms with van der Waals surface area (Å²) in [7, 11) is 0. The van der Waals surface area contributed by atoms with Gasteiger partial charge < -0.3 is 0 Å². The Hall–Kier alpha value is 0. The molecule has 1 aliphatic rings. The van der Waals surface area contributed by atoms with E-state index in [-0.39, 0.29) is 0 Å². The predicted molar refractivity (Wildman–Crippen MR) is 78.3 cm³/mol. The zero-order valence-corrected chi connectivity index (χ0v) is 12.7. The third kappa shape index (κ3) is 4.00. The second-order valence-corrected chi connectivity index (χ2v) is 6.59. The Morgan fingerprint density at radius 1 is 0.941 bits per heavy atom. The lowest BCUT2D eigenvalue weighted by Gasteiger charge is -2.41. The summed E-state index contributed by atoms with van der Waals surface area (Å²) < 4.78 is 0. The van der Waals surface area contributed by atoms with E-state index in [1.165, 1.54) is 64.2 Å². The van der Waals surface area contributed by atoms with Crippen molar-refractivity contribution >= 4 is 0 Å². The highest BCUT2D eigenvalue weighted by Gasteiger charge is 2.38. The van der Waals surface area contributed by atoms with E-state index < -0.39 is 0 Å². The summed E-state index contributed by atoms with van der Waals surface area (Å²) in [6, 6.07) is 0. The Bertz CT molecular complexity index is 188. The molecule has 0 amide bonds. The maximum atomic E-state index is 2.49. The first kappa shape index (κ1) is 15.1. The second kappa shape index (κ2) is 7.44. The molecule has 0 radical (unpaired) electrons. The van der Waals surface area contributed by atoms with Gasteiger partial charge >= 0.3 is 0 Å². The minimum absolute atomic E-state index is 0.704. The molecule has 1 fully saturated rings. The van der Waals surface area contributed by atoms with Gasteiger partial charge in [-0.15, -0.1) is 0 Å². The molecule has 0 bridgehead atoms. The van der Waals surface area contributed by atoms with Gasteiger partial charge in [0.25, 0.3) is 0 Å². The summed E-state index contributed by atoms with van der Waals surface area (Å²) in [5.74, 6) is 1.99. The van der Waals surface area contributed by atoms with Crippen LogP contribution in [0.4, 0.5) is 0 Å². The van der Waals surface area contributed by atoms with E-state index in [0.717, 1.165) is 11.8 Å². The molecular weight excluding hydrogens is 204 g/mol. The molecule has 17 heavy (non-hydrogen) atoms. The summed E-state index contributed by atoms with van der Waals surface area (Å²) in [5, 5.41) is 0. The van der Waals surface area contributed by atoms with Crippen molar-refractivity contribution in [1.29, 1.82) is 0 Å². The Kier molecular flexibility index (Phi) is 6.59. The van der Waals surface area contributed by atoms with Crippen molar-refractivity contribution in [3.05, 3.63) is 0 Å². The van der Waals surface area contributed by atoms with Crippen LogP contribution in [0.5, 0.6) is 0 Å². The molecule has 2 atom stereocenters. The van der Waals surface area contributed by atoms with E-state index >= 15 is 0 Å². The van der Waals surface area contributed by atoms with Gasteiger partial charge in [-0.05, 0) is 42.9 Å². The van der Waals surface area contributed by atoms with Gasteiger partial charge in [-0.1, -0.05) is 66.2 Å². The maximum Gasteiger partial charge on any atom is -0.0267 e. The van der Waals surface area contributed by atoms with Crippen molar-refractivity contribution in [2.75, 3.05) is 0 Å². The molecule has 0 aromatic heterocycles. The van der Waals surface area contributed by atoms with Gasteiger partial charge in [-0.3, -0.25) is 0 Å². The van der Waals surface area contributed by atoms with E-state index in [1.807, 2.05) is 0 Å². The fraction of sp³-hybridized carbons (Fsp3) is 1.00. The molecule has 1 saturated carbocycles. The van der Waals surface area contributed by atoms with Crippen molar-refractivity contribution in [2.45, 2.75) is 91.9 Å². The normalized spacial score (nSPS) is 28.9. The quantitative estimate of drug-likeness (QED) is 0.483. The van der Waals surface area contributed by atoms with Crippen LogP contribution in [-0.4, -0.2) is 0 Å². The van der Waals surface area contributed by atoms with Crippen molar-refractivity contribution in [3.8, 4) is 0 Å². The van der Waals surface area contributed by atoms with E-state index in [0.29, 0.717) is 5.41 Å². The number of rotatable bonds is 6. The molecule has 0 heteroatoms. The molecule has 0 aromatic carbocycles. The molecule has 0 N–H and O–H groups in total. The van der Waals surface area contributed by atoms with Gasteiger partial charge in [0.2, 0.25) is 0 Å². The maximum absolute atomic E-state index is 2.49. The van der Waals surface area contributed by atoms with Crippen LogP contribution in [0.15, 0.2) is 0 Å². The van der Waals surface area contributed by atoms with Crippen molar-refractivity contribution in [2.24, 2.45) is 17.3 Å². The van der Waals surface area contributed by atoms with Gasteiger partial charge in [0, 0.05) is 0 Å². The van der Waals surface area contributed by atoms with Crippen LogP contribution in [0.3, 0.4) is 0 Å². The average molecular weight is 238 g/mol. The Morgan fingerprint density at radius 3 is 2.12 bits per heavy atom. The SMILES string of the molecule is CCCC1CCCC(C)CC1(CCC)CCC. The summed E-state index contributed by atoms with van der Waals surface area (Å²) in [4.78, 5) is 0. The fourth-order valence-corrected chi connectivity index (χ4v) is 4.51. The third-order valence-corrected chi connectivity index (χ3v) is 5.00. The monoisotopic (exact) mass is 238 g/mol. The van der Waals surface area contributed by atoms with Gasteiger partial charge in [0.15, 0.2) is 0 Å². The van der Waals surface area contributed by atoms with Gasteiger partial charge in [0.1, 0.15) is 0 Å². The standard InChI is InChI=1S/C17H34/c1-5-9-16-11-8-10-15(4)14-17(16,12-6-2)13-7-3/h15-16H,5-14H2,1-4H3. The van der Waals surface area contributed by atoms with E-state index in [1.54, 1.807) is 0 Å². The minimum Gasteiger partial charge on any atom is -0.0654 e. The fourth-order valence-electron chi connectivity index (χ4n) is 4.51. The van der Waals surface area contributed by atoms with Crippen molar-refractivity contribution in [1.82, 2.24) is 0 Å². The molecule has 102 valence electrons. The Labute approximate surface area is 110 Å². The van der Waals surface area contributed by atoms with Gasteiger partial charge in [0.05, 0.1) is 0 Å². The second-order valence-electron chi connectivity index (χ2n) is 6.59. The molecule has 0 nitrogen and oxygen atoms in total. The number of hydrogen-bond acceptors (Lipinski definition) is 0. The molecule has 0 aliphatic heterocycles. The minimum atomic E-state index is 0.704. The molecule has 0 aromatic rings. The van der Waals surface area contributed by atoms with Crippen molar-refractivity contribution < 1.29 is 0 Å². The summed E-state index contributed by atoms with van der Waals surface area (Å²) in [6.07, 6.45) is 14.6. The molecule has 0 saturated heterocycles. The number of hydrogen-bond donors (Lipinski definition) is 0. The third-order valence-electron chi connectivity index (χ3n) is 5.00. The zero-order chi connectivity index (χ0) is 12.7. The van der Waals surface area contributed by atoms with Crippen LogP contribution in [0.25, 0.3) is 0 Å². The summed E-state index contributed by atoms with van der Waals surface area (Å²) in [6.45, 7) is 9.64. The lowest BCUT2D eigenvalue weighted by Crippen LogP contribution is -2.31. The summed E-state index contributed by atoms with van der Waals surface area (Å²) in [5.41, 5.74) is 0.704. The Balaban J connectivity index is 2.86. The molecule has 1 rings (SSSR count). The van der Waals surface area contributed by atoms with Crippen LogP contribution in [0.1, 0.15) is 91.9 Å². The topological polar surface area (TPSA) is 0 Å². The van der Waals surface area contributed by atoms with E-state index in [2.05, 4.69) is 27.7 Å². The van der Waals surface area contributed by atoms with Crippen LogP contribution >= 0.6 is 0 Å². The highest BCUT2D eigenvalue weighted by atomic mass is 14.4.